The van der Waals surface area contributed by atoms with Crippen LogP contribution in [-0.4, -0.2) is 12.2 Å². The molecule has 0 aromatic heterocycles. The van der Waals surface area contributed by atoms with E-state index in [1.165, 1.54) is 13.2 Å². The van der Waals surface area contributed by atoms with E-state index < -0.39 is 18.0 Å². The molecule has 3 rings (SSSR count). The molecule has 1 unspecified atom stereocenters. The van der Waals surface area contributed by atoms with Gasteiger partial charge in [0, 0.05) is 17.0 Å². The third kappa shape index (κ3) is 2.69. The largest absolute Gasteiger partial charge is 0.494 e. The van der Waals surface area contributed by atoms with Crippen molar-refractivity contribution in [3.05, 3.63) is 58.4 Å². The van der Waals surface area contributed by atoms with Crippen LogP contribution < -0.4 is 9.47 Å². The van der Waals surface area contributed by atoms with Gasteiger partial charge in [-0.15, -0.1) is 0 Å². The standard InChI is InChI=1S/C16H14ClFO3/c1-20-15-4-2-9(6-12(15)18)16-8-13(19)11-7-10(17)3-5-14(11)21-16/h2-7,13,16,19H,8H2,1H3/t13-,16?/m0/s1. The normalized spacial score (nSPS) is 20.6. The zero-order valence-electron chi connectivity index (χ0n) is 11.3. The molecule has 1 aliphatic rings. The first-order valence-electron chi connectivity index (χ1n) is 6.56. The van der Waals surface area contributed by atoms with Crippen molar-refractivity contribution in [3.8, 4) is 11.5 Å². The highest BCUT2D eigenvalue weighted by Gasteiger charge is 2.28. The summed E-state index contributed by atoms with van der Waals surface area (Å²) >= 11 is 5.92. The van der Waals surface area contributed by atoms with E-state index in [0.717, 1.165) is 0 Å². The van der Waals surface area contributed by atoms with Crippen molar-refractivity contribution in [2.24, 2.45) is 0 Å². The molecule has 0 fully saturated rings. The van der Waals surface area contributed by atoms with Gasteiger partial charge in [0.1, 0.15) is 11.9 Å². The van der Waals surface area contributed by atoms with E-state index in [4.69, 9.17) is 21.1 Å². The molecule has 1 N–H and O–H groups in total. The van der Waals surface area contributed by atoms with E-state index in [9.17, 15) is 9.50 Å². The quantitative estimate of drug-likeness (QED) is 0.910. The summed E-state index contributed by atoms with van der Waals surface area (Å²) in [6.07, 6.45) is -0.754. The second-order valence-corrected chi connectivity index (χ2v) is 5.37. The first-order chi connectivity index (χ1) is 10.1. The van der Waals surface area contributed by atoms with E-state index in [2.05, 4.69) is 0 Å². The Morgan fingerprint density at radius 2 is 2.10 bits per heavy atom. The van der Waals surface area contributed by atoms with Gasteiger partial charge in [0.25, 0.3) is 0 Å². The molecule has 2 atom stereocenters. The molecular weight excluding hydrogens is 295 g/mol. The molecule has 110 valence electrons. The maximum absolute atomic E-state index is 13.8. The molecule has 0 bridgehead atoms. The molecular formula is C16H14ClFO3. The molecule has 5 heteroatoms. The summed E-state index contributed by atoms with van der Waals surface area (Å²) < 4.78 is 24.5. The minimum absolute atomic E-state index is 0.183. The van der Waals surface area contributed by atoms with Crippen molar-refractivity contribution >= 4 is 11.6 Å². The number of rotatable bonds is 2. The third-order valence-electron chi connectivity index (χ3n) is 3.59. The number of hydrogen-bond donors (Lipinski definition) is 1. The van der Waals surface area contributed by atoms with Gasteiger partial charge in [-0.1, -0.05) is 17.7 Å². The summed E-state index contributed by atoms with van der Waals surface area (Å²) in [5, 5.41) is 10.8. The summed E-state index contributed by atoms with van der Waals surface area (Å²) in [4.78, 5) is 0. The highest BCUT2D eigenvalue weighted by molar-refractivity contribution is 6.30. The van der Waals surface area contributed by atoms with Gasteiger partial charge in [0.15, 0.2) is 11.6 Å². The SMILES string of the molecule is COc1ccc(C2C[C@H](O)c3cc(Cl)ccc3O2)cc1F. The minimum atomic E-state index is -0.692. The van der Waals surface area contributed by atoms with Crippen LogP contribution in [0.15, 0.2) is 36.4 Å². The Morgan fingerprint density at radius 3 is 2.81 bits per heavy atom. The zero-order chi connectivity index (χ0) is 15.0. The van der Waals surface area contributed by atoms with Crippen molar-refractivity contribution in [1.29, 1.82) is 0 Å². The number of aliphatic hydroxyl groups is 1. The van der Waals surface area contributed by atoms with Gasteiger partial charge < -0.3 is 14.6 Å². The van der Waals surface area contributed by atoms with Crippen LogP contribution in [0.1, 0.15) is 29.8 Å². The molecule has 2 aromatic carbocycles. The molecule has 0 spiro atoms. The van der Waals surface area contributed by atoms with Crippen molar-refractivity contribution in [3.63, 3.8) is 0 Å². The van der Waals surface area contributed by atoms with Gasteiger partial charge in [-0.05, 0) is 35.9 Å². The maximum Gasteiger partial charge on any atom is 0.165 e. The van der Waals surface area contributed by atoms with Crippen LogP contribution in [0.4, 0.5) is 4.39 Å². The molecule has 0 saturated heterocycles. The van der Waals surface area contributed by atoms with Crippen LogP contribution in [0.2, 0.25) is 5.02 Å². The number of fused-ring (bicyclic) bond motifs is 1. The Kier molecular flexibility index (Phi) is 3.74. The first kappa shape index (κ1) is 14.2. The fourth-order valence-corrected chi connectivity index (χ4v) is 2.69. The number of hydrogen-bond acceptors (Lipinski definition) is 3. The number of ether oxygens (including phenoxy) is 2. The van der Waals surface area contributed by atoms with Crippen LogP contribution in [0, 0.1) is 5.82 Å². The van der Waals surface area contributed by atoms with Gasteiger partial charge in [0.05, 0.1) is 13.2 Å². The van der Waals surface area contributed by atoms with E-state index in [-0.39, 0.29) is 5.75 Å². The first-order valence-corrected chi connectivity index (χ1v) is 6.94. The summed E-state index contributed by atoms with van der Waals surface area (Å²) in [5.74, 6) is 0.302. The lowest BCUT2D eigenvalue weighted by Crippen LogP contribution is -2.19. The number of benzene rings is 2. The predicted octanol–water partition coefficient (Wildman–Crippen LogP) is 4.04. The highest BCUT2D eigenvalue weighted by Crippen LogP contribution is 2.42. The van der Waals surface area contributed by atoms with Gasteiger partial charge in [0.2, 0.25) is 0 Å². The van der Waals surface area contributed by atoms with Crippen LogP contribution >= 0.6 is 11.6 Å². The summed E-state index contributed by atoms with van der Waals surface area (Å²) in [7, 11) is 1.42. The van der Waals surface area contributed by atoms with Crippen molar-refractivity contribution in [2.75, 3.05) is 7.11 Å². The van der Waals surface area contributed by atoms with Crippen molar-refractivity contribution < 1.29 is 19.0 Å². The van der Waals surface area contributed by atoms with Gasteiger partial charge >= 0.3 is 0 Å². The van der Waals surface area contributed by atoms with E-state index in [1.54, 1.807) is 30.3 Å². The van der Waals surface area contributed by atoms with Gasteiger partial charge in [-0.2, -0.15) is 0 Å². The number of methoxy groups -OCH3 is 1. The average molecular weight is 309 g/mol. The van der Waals surface area contributed by atoms with E-state index in [0.29, 0.717) is 28.3 Å². The molecule has 0 amide bonds. The number of halogens is 2. The molecule has 0 radical (unpaired) electrons. The van der Waals surface area contributed by atoms with Crippen LogP contribution in [0.5, 0.6) is 11.5 Å². The minimum Gasteiger partial charge on any atom is -0.494 e. The molecule has 2 aromatic rings. The van der Waals surface area contributed by atoms with Crippen LogP contribution in [-0.2, 0) is 0 Å². The topological polar surface area (TPSA) is 38.7 Å². The molecule has 0 aliphatic carbocycles. The second kappa shape index (κ2) is 5.54. The second-order valence-electron chi connectivity index (χ2n) is 4.93. The van der Waals surface area contributed by atoms with E-state index >= 15 is 0 Å². The molecule has 0 saturated carbocycles. The number of aliphatic hydroxyl groups excluding tert-OH is 1. The van der Waals surface area contributed by atoms with Gasteiger partial charge in [-0.25, -0.2) is 4.39 Å². The fraction of sp³-hybridized carbons (Fsp3) is 0.250. The Morgan fingerprint density at radius 1 is 1.29 bits per heavy atom. The zero-order valence-corrected chi connectivity index (χ0v) is 12.1. The Balaban J connectivity index is 1.92. The maximum atomic E-state index is 13.8. The molecule has 1 heterocycles. The molecule has 3 nitrogen and oxygen atoms in total. The monoisotopic (exact) mass is 308 g/mol. The smallest absolute Gasteiger partial charge is 0.165 e. The Labute approximate surface area is 126 Å². The summed E-state index contributed by atoms with van der Waals surface area (Å²) in [5.41, 5.74) is 1.32. The van der Waals surface area contributed by atoms with Crippen LogP contribution in [0.25, 0.3) is 0 Å². The predicted molar refractivity (Wildman–Crippen MR) is 77.3 cm³/mol. The lowest BCUT2D eigenvalue weighted by molar-refractivity contribution is 0.0656. The third-order valence-corrected chi connectivity index (χ3v) is 3.82. The van der Waals surface area contributed by atoms with E-state index in [1.807, 2.05) is 0 Å². The Hall–Kier alpha value is -1.78. The molecule has 1 aliphatic heterocycles. The van der Waals surface area contributed by atoms with Crippen molar-refractivity contribution in [1.82, 2.24) is 0 Å². The lowest BCUT2D eigenvalue weighted by atomic mass is 9.95. The lowest BCUT2D eigenvalue weighted by Gasteiger charge is -2.30. The Bertz CT molecular complexity index is 675. The van der Waals surface area contributed by atoms with Gasteiger partial charge in [-0.3, -0.25) is 0 Å². The highest BCUT2D eigenvalue weighted by atomic mass is 35.5. The summed E-state index contributed by atoms with van der Waals surface area (Å²) in [6.45, 7) is 0. The van der Waals surface area contributed by atoms with Crippen LogP contribution in [0.3, 0.4) is 0 Å². The summed E-state index contributed by atoms with van der Waals surface area (Å²) in [6, 6.07) is 9.76. The van der Waals surface area contributed by atoms with Crippen molar-refractivity contribution in [2.45, 2.75) is 18.6 Å². The molecule has 21 heavy (non-hydrogen) atoms. The fourth-order valence-electron chi connectivity index (χ4n) is 2.51. The average Bonchev–Trinajstić information content (AvgIpc) is 2.47.